The van der Waals surface area contributed by atoms with Crippen LogP contribution < -0.4 is 0 Å². The van der Waals surface area contributed by atoms with Gasteiger partial charge in [0.15, 0.2) is 8.24 Å². The van der Waals surface area contributed by atoms with E-state index in [0.717, 1.165) is 23.0 Å². The Hall–Kier alpha value is -0.323. The lowest BCUT2D eigenvalue weighted by atomic mass is 10.4. The summed E-state index contributed by atoms with van der Waals surface area (Å²) in [6.07, 6.45) is 1.75. The van der Waals surface area contributed by atoms with Crippen LogP contribution in [0.4, 0.5) is 0 Å². The van der Waals surface area contributed by atoms with Crippen LogP contribution in [0.2, 0.25) is 23.2 Å². The summed E-state index contributed by atoms with van der Waals surface area (Å²) >= 11 is 5.86. The fraction of sp³-hybridized carbons (Fsp3) is 0.538. The van der Waals surface area contributed by atoms with Crippen molar-refractivity contribution in [1.82, 2.24) is 0 Å². The summed E-state index contributed by atoms with van der Waals surface area (Å²) in [5, 5.41) is 0.666. The van der Waals surface area contributed by atoms with Crippen LogP contribution in [0.25, 0.3) is 0 Å². The molecule has 18 heavy (non-hydrogen) atoms. The van der Waals surface area contributed by atoms with E-state index in [1.54, 1.807) is 18.4 Å². The maximum absolute atomic E-state index is 12.8. The summed E-state index contributed by atoms with van der Waals surface area (Å²) in [4.78, 5) is 0.791. The van der Waals surface area contributed by atoms with Crippen molar-refractivity contribution in [3.8, 4) is 0 Å². The van der Waals surface area contributed by atoms with Gasteiger partial charge < -0.3 is 0 Å². The van der Waals surface area contributed by atoms with Crippen molar-refractivity contribution < 1.29 is 4.21 Å². The van der Waals surface area contributed by atoms with Crippen LogP contribution in [0.1, 0.15) is 20.8 Å². The van der Waals surface area contributed by atoms with Gasteiger partial charge in [-0.2, -0.15) is 0 Å². The fourth-order valence-corrected chi connectivity index (χ4v) is 9.25. The van der Waals surface area contributed by atoms with Gasteiger partial charge in [0, 0.05) is 16.2 Å². The molecule has 0 bridgehead atoms. The zero-order valence-corrected chi connectivity index (χ0v) is 14.1. The van der Waals surface area contributed by atoms with E-state index in [9.17, 15) is 4.21 Å². The summed E-state index contributed by atoms with van der Waals surface area (Å²) in [5.41, 5.74) is 0. The molecule has 1 aromatic carbocycles. The van der Waals surface area contributed by atoms with E-state index in [1.165, 1.54) is 0 Å². The van der Waals surface area contributed by atoms with E-state index in [1.807, 2.05) is 12.1 Å². The minimum Gasteiger partial charge on any atom is -0.274 e. The molecule has 1 rings (SSSR count). The number of hydrogen-bond acceptors (Lipinski definition) is 2. The molecule has 1 aromatic rings. The maximum Gasteiger partial charge on any atom is 0.193 e. The summed E-state index contributed by atoms with van der Waals surface area (Å²) in [7, 11) is -4.03. The van der Waals surface area contributed by atoms with Crippen LogP contribution in [-0.4, -0.2) is 18.7 Å². The Morgan fingerprint density at radius 1 is 1.11 bits per heavy atom. The third-order valence-electron chi connectivity index (χ3n) is 3.59. The lowest BCUT2D eigenvalue weighted by Gasteiger charge is -2.23. The average Bonchev–Trinajstić information content (AvgIpc) is 2.37. The molecule has 0 aromatic heterocycles. The van der Waals surface area contributed by atoms with Crippen molar-refractivity contribution in [2.75, 3.05) is 6.26 Å². The Morgan fingerprint density at radius 2 is 1.56 bits per heavy atom. The molecule has 5 heteroatoms. The SMILES string of the molecule is CC[Si](CC)(CC)N=S(C)(=O)c1ccc(Cl)cc1. The highest BCUT2D eigenvalue weighted by Crippen LogP contribution is 2.26. The van der Waals surface area contributed by atoms with Gasteiger partial charge >= 0.3 is 0 Å². The van der Waals surface area contributed by atoms with Crippen molar-refractivity contribution in [2.45, 2.75) is 43.8 Å². The second-order valence-electron chi connectivity index (χ2n) is 4.63. The van der Waals surface area contributed by atoms with E-state index in [0.29, 0.717) is 5.02 Å². The molecule has 1 atom stereocenters. The predicted octanol–water partition coefficient (Wildman–Crippen LogP) is 4.80. The van der Waals surface area contributed by atoms with E-state index in [-0.39, 0.29) is 0 Å². The van der Waals surface area contributed by atoms with Crippen LogP contribution in [0, 0.1) is 0 Å². The van der Waals surface area contributed by atoms with Crippen LogP contribution in [0.15, 0.2) is 33.2 Å². The quantitative estimate of drug-likeness (QED) is 0.718. The van der Waals surface area contributed by atoms with E-state index < -0.39 is 18.0 Å². The molecule has 0 saturated heterocycles. The third-order valence-corrected chi connectivity index (χ3v) is 11.9. The van der Waals surface area contributed by atoms with Crippen LogP contribution in [-0.2, 0) is 9.73 Å². The van der Waals surface area contributed by atoms with Gasteiger partial charge in [-0.3, -0.25) is 4.03 Å². The first-order chi connectivity index (χ1) is 8.39. The molecule has 0 N–H and O–H groups in total. The topological polar surface area (TPSA) is 29.4 Å². The largest absolute Gasteiger partial charge is 0.274 e. The van der Waals surface area contributed by atoms with E-state index >= 15 is 0 Å². The zero-order chi connectivity index (χ0) is 13.8. The summed E-state index contributed by atoms with van der Waals surface area (Å²) < 4.78 is 17.6. The third kappa shape index (κ3) is 3.59. The molecule has 0 amide bonds. The van der Waals surface area contributed by atoms with Crippen LogP contribution in [0.5, 0.6) is 0 Å². The molecule has 1 unspecified atom stereocenters. The Morgan fingerprint density at radius 3 is 1.94 bits per heavy atom. The van der Waals surface area contributed by atoms with Gasteiger partial charge in [-0.15, -0.1) is 0 Å². The van der Waals surface area contributed by atoms with Gasteiger partial charge in [-0.25, -0.2) is 4.21 Å². The molecule has 0 fully saturated rings. The molecule has 102 valence electrons. The van der Waals surface area contributed by atoms with Crippen molar-refractivity contribution in [1.29, 1.82) is 0 Å². The second-order valence-corrected chi connectivity index (χ2v) is 12.4. The highest BCUT2D eigenvalue weighted by atomic mass is 35.5. The van der Waals surface area contributed by atoms with E-state index in [4.69, 9.17) is 15.6 Å². The number of hydrogen-bond donors (Lipinski definition) is 0. The van der Waals surface area contributed by atoms with E-state index in [2.05, 4.69) is 20.8 Å². The minimum absolute atomic E-state index is 0.666. The average molecular weight is 304 g/mol. The van der Waals surface area contributed by atoms with Crippen molar-refractivity contribution in [3.63, 3.8) is 0 Å². The number of nitrogens with zero attached hydrogens (tertiary/aromatic N) is 1. The van der Waals surface area contributed by atoms with Crippen molar-refractivity contribution in [2.24, 2.45) is 4.03 Å². The summed E-state index contributed by atoms with van der Waals surface area (Å²) in [6, 6.07) is 10.4. The van der Waals surface area contributed by atoms with Gasteiger partial charge in [0.05, 0.1) is 9.73 Å². The molecule has 0 radical (unpaired) electrons. The highest BCUT2D eigenvalue weighted by molar-refractivity contribution is 7.93. The van der Waals surface area contributed by atoms with Crippen LogP contribution >= 0.6 is 11.6 Å². The molecule has 0 saturated carbocycles. The maximum atomic E-state index is 12.8. The first kappa shape index (κ1) is 15.7. The first-order valence-corrected chi connectivity index (χ1v) is 11.2. The molecule has 0 aliphatic carbocycles. The smallest absolute Gasteiger partial charge is 0.193 e. The Balaban J connectivity index is 3.27. The number of benzene rings is 1. The summed E-state index contributed by atoms with van der Waals surface area (Å²) in [6.45, 7) is 6.50. The first-order valence-electron chi connectivity index (χ1n) is 6.38. The molecular formula is C13H22ClNOSSi. The zero-order valence-electron chi connectivity index (χ0n) is 11.6. The lowest BCUT2D eigenvalue weighted by Crippen LogP contribution is -2.30. The molecule has 0 aliphatic rings. The Labute approximate surface area is 117 Å². The summed E-state index contributed by atoms with van der Waals surface area (Å²) in [5.74, 6) is 0. The van der Waals surface area contributed by atoms with Gasteiger partial charge in [0.1, 0.15) is 0 Å². The molecule has 0 aliphatic heterocycles. The van der Waals surface area contributed by atoms with Crippen molar-refractivity contribution in [3.05, 3.63) is 29.3 Å². The van der Waals surface area contributed by atoms with Crippen LogP contribution in [0.3, 0.4) is 0 Å². The van der Waals surface area contributed by atoms with Gasteiger partial charge in [0.25, 0.3) is 0 Å². The molecule has 0 heterocycles. The predicted molar refractivity (Wildman–Crippen MR) is 83.4 cm³/mol. The lowest BCUT2D eigenvalue weighted by molar-refractivity contribution is 0.681. The monoisotopic (exact) mass is 303 g/mol. The number of halogens is 1. The Kier molecular flexibility index (Phi) is 5.43. The van der Waals surface area contributed by atoms with Crippen molar-refractivity contribution >= 4 is 29.6 Å². The number of rotatable bonds is 5. The molecular weight excluding hydrogens is 282 g/mol. The highest BCUT2D eigenvalue weighted by Gasteiger charge is 2.28. The Bertz CT molecular complexity index is 494. The second kappa shape index (κ2) is 6.22. The fourth-order valence-electron chi connectivity index (χ4n) is 2.05. The molecule has 0 spiro atoms. The normalized spacial score (nSPS) is 15.2. The van der Waals surface area contributed by atoms with Gasteiger partial charge in [-0.05, 0) is 42.4 Å². The van der Waals surface area contributed by atoms with Gasteiger partial charge in [-0.1, -0.05) is 32.4 Å². The minimum atomic E-state index is -2.29. The van der Waals surface area contributed by atoms with Gasteiger partial charge in [0.2, 0.25) is 0 Å². The molecule has 2 nitrogen and oxygen atoms in total. The standard InChI is InChI=1S/C13H22ClNOSSi/c1-5-18(6-2,7-3)15-17(4,16)13-10-8-12(14)9-11-13/h8-11H,5-7H2,1-4H3.